The molecule has 1 aromatic rings. The molecule has 2 aliphatic rings. The minimum absolute atomic E-state index is 0.0272. The lowest BCUT2D eigenvalue weighted by Gasteiger charge is -2.41. The molecular formula is C28H41N3O3. The number of benzene rings is 1. The maximum atomic E-state index is 13.8. The van der Waals surface area contributed by atoms with E-state index < -0.39 is 12.1 Å². The van der Waals surface area contributed by atoms with Crippen molar-refractivity contribution in [2.45, 2.75) is 90.6 Å². The van der Waals surface area contributed by atoms with Gasteiger partial charge >= 0.3 is 0 Å². The Kier molecular flexibility index (Phi) is 9.73. The molecular weight excluding hydrogens is 426 g/mol. The van der Waals surface area contributed by atoms with Gasteiger partial charge in [0.15, 0.2) is 0 Å². The van der Waals surface area contributed by atoms with Crippen LogP contribution in [-0.4, -0.2) is 46.1 Å². The average molecular weight is 468 g/mol. The maximum absolute atomic E-state index is 13.8. The van der Waals surface area contributed by atoms with Crippen LogP contribution in [0.5, 0.6) is 0 Å². The van der Waals surface area contributed by atoms with Crippen LogP contribution >= 0.6 is 0 Å². The average Bonchev–Trinajstić information content (AvgIpc) is 2.85. The lowest BCUT2D eigenvalue weighted by molar-refractivity contribution is -0.148. The van der Waals surface area contributed by atoms with Crippen LogP contribution in [0.3, 0.4) is 0 Å². The van der Waals surface area contributed by atoms with Crippen molar-refractivity contribution in [1.82, 2.24) is 15.1 Å². The number of nitrogens with one attached hydrogen (secondary N) is 1. The largest absolute Gasteiger partial charge is 0.344 e. The van der Waals surface area contributed by atoms with Crippen molar-refractivity contribution in [3.8, 4) is 0 Å². The van der Waals surface area contributed by atoms with Crippen LogP contribution in [0.15, 0.2) is 42.7 Å². The van der Waals surface area contributed by atoms with E-state index in [0.717, 1.165) is 51.4 Å². The Hall–Kier alpha value is -2.63. The summed E-state index contributed by atoms with van der Waals surface area (Å²) in [4.78, 5) is 42.9. The summed E-state index contributed by atoms with van der Waals surface area (Å²) >= 11 is 0. The van der Waals surface area contributed by atoms with E-state index in [1.54, 1.807) is 22.2 Å². The molecule has 3 amide bonds. The summed E-state index contributed by atoms with van der Waals surface area (Å²) in [5.74, 6) is -0.221. The van der Waals surface area contributed by atoms with Gasteiger partial charge < -0.3 is 15.1 Å². The molecule has 34 heavy (non-hydrogen) atoms. The molecule has 0 radical (unpaired) electrons. The minimum atomic E-state index is -0.577. The zero-order chi connectivity index (χ0) is 24.5. The standard InChI is InChI=1S/C28H41N3O3/c1-4-5-12-21(2)26-28(34)30(18-17-23-13-8-6-9-14-23)19-20-31(26)27(33)25(29-22(3)32)24-15-10-7-11-16-24/h6,8-9,13-14,19-21,24-26H,4-5,7,10-12,15-18H2,1-3H3,(H,29,32)/t21-,25-,26+/m0/s1. The Bertz CT molecular complexity index is 848. The first-order chi connectivity index (χ1) is 16.4. The molecule has 1 N–H and O–H groups in total. The highest BCUT2D eigenvalue weighted by Crippen LogP contribution is 2.30. The fourth-order valence-electron chi connectivity index (χ4n) is 5.33. The van der Waals surface area contributed by atoms with Crippen molar-refractivity contribution in [1.29, 1.82) is 0 Å². The van der Waals surface area contributed by atoms with Crippen LogP contribution in [-0.2, 0) is 20.8 Å². The number of nitrogens with zero attached hydrogens (tertiary/aromatic N) is 2. The lowest BCUT2D eigenvalue weighted by atomic mass is 9.82. The first kappa shape index (κ1) is 26.0. The van der Waals surface area contributed by atoms with Crippen molar-refractivity contribution in [3.05, 3.63) is 48.3 Å². The number of rotatable bonds is 10. The Morgan fingerprint density at radius 1 is 1.09 bits per heavy atom. The van der Waals surface area contributed by atoms with Crippen LogP contribution in [0.1, 0.15) is 77.7 Å². The van der Waals surface area contributed by atoms with Gasteiger partial charge in [-0.25, -0.2) is 0 Å². The van der Waals surface area contributed by atoms with Crippen LogP contribution in [0, 0.1) is 11.8 Å². The Morgan fingerprint density at radius 3 is 2.44 bits per heavy atom. The van der Waals surface area contributed by atoms with Crippen molar-refractivity contribution < 1.29 is 14.4 Å². The molecule has 0 spiro atoms. The van der Waals surface area contributed by atoms with Crippen LogP contribution in [0.2, 0.25) is 0 Å². The van der Waals surface area contributed by atoms with Gasteiger partial charge in [-0.3, -0.25) is 14.4 Å². The molecule has 3 atom stereocenters. The van der Waals surface area contributed by atoms with Crippen LogP contribution in [0.25, 0.3) is 0 Å². The molecule has 0 aromatic heterocycles. The topological polar surface area (TPSA) is 69.7 Å². The predicted molar refractivity (Wildman–Crippen MR) is 135 cm³/mol. The quantitative estimate of drug-likeness (QED) is 0.544. The molecule has 0 unspecified atom stereocenters. The van der Waals surface area contributed by atoms with Gasteiger partial charge in [0.2, 0.25) is 17.7 Å². The zero-order valence-electron chi connectivity index (χ0n) is 21.0. The smallest absolute Gasteiger partial charge is 0.250 e. The Morgan fingerprint density at radius 2 is 1.79 bits per heavy atom. The molecule has 1 saturated carbocycles. The molecule has 1 heterocycles. The van der Waals surface area contributed by atoms with Gasteiger partial charge in [-0.2, -0.15) is 0 Å². The zero-order valence-corrected chi connectivity index (χ0v) is 21.0. The fourth-order valence-corrected chi connectivity index (χ4v) is 5.33. The first-order valence-electron chi connectivity index (χ1n) is 13.0. The van der Waals surface area contributed by atoms with E-state index in [1.807, 2.05) is 18.2 Å². The SMILES string of the molecule is CCCC[C@H](C)[C@@H]1C(=O)N(CCc2ccccc2)C=CN1C(=O)[C@@H](NC(C)=O)C1CCCCC1. The predicted octanol–water partition coefficient (Wildman–Crippen LogP) is 4.65. The summed E-state index contributed by atoms with van der Waals surface area (Å²) in [5, 5.41) is 2.93. The molecule has 0 bridgehead atoms. The molecule has 6 heteroatoms. The maximum Gasteiger partial charge on any atom is 0.250 e. The van der Waals surface area contributed by atoms with Crippen molar-refractivity contribution in [3.63, 3.8) is 0 Å². The Labute approximate surface area is 204 Å². The normalized spacial score (nSPS) is 20.8. The number of hydrogen-bond donors (Lipinski definition) is 1. The summed E-state index contributed by atoms with van der Waals surface area (Å²) < 4.78 is 0. The number of hydrogen-bond acceptors (Lipinski definition) is 3. The second-order valence-electron chi connectivity index (χ2n) is 9.95. The second kappa shape index (κ2) is 12.7. The summed E-state index contributed by atoms with van der Waals surface area (Å²) in [6.07, 6.45) is 12.4. The molecule has 1 aromatic carbocycles. The van der Waals surface area contributed by atoms with Gasteiger partial charge in [0, 0.05) is 25.9 Å². The third-order valence-corrected chi connectivity index (χ3v) is 7.28. The molecule has 186 valence electrons. The molecule has 3 rings (SSSR count). The minimum Gasteiger partial charge on any atom is -0.344 e. The molecule has 1 aliphatic heterocycles. The Balaban J connectivity index is 1.83. The van der Waals surface area contributed by atoms with Crippen molar-refractivity contribution in [2.24, 2.45) is 11.8 Å². The van der Waals surface area contributed by atoms with Crippen molar-refractivity contribution in [2.75, 3.05) is 6.54 Å². The lowest BCUT2D eigenvalue weighted by Crippen LogP contribution is -2.59. The van der Waals surface area contributed by atoms with E-state index in [1.165, 1.54) is 18.9 Å². The highest BCUT2D eigenvalue weighted by molar-refractivity contribution is 5.94. The first-order valence-corrected chi connectivity index (χ1v) is 13.0. The summed E-state index contributed by atoms with van der Waals surface area (Å²) in [6.45, 7) is 6.25. The van der Waals surface area contributed by atoms with Gasteiger partial charge in [-0.15, -0.1) is 0 Å². The van der Waals surface area contributed by atoms with Crippen molar-refractivity contribution >= 4 is 17.7 Å². The molecule has 1 fully saturated rings. The third-order valence-electron chi connectivity index (χ3n) is 7.28. The second-order valence-corrected chi connectivity index (χ2v) is 9.95. The van der Waals surface area contributed by atoms with E-state index in [4.69, 9.17) is 0 Å². The third kappa shape index (κ3) is 6.71. The van der Waals surface area contributed by atoms with E-state index in [0.29, 0.717) is 6.54 Å². The van der Waals surface area contributed by atoms with E-state index in [2.05, 4.69) is 31.3 Å². The van der Waals surface area contributed by atoms with Gasteiger partial charge in [-0.05, 0) is 43.1 Å². The summed E-state index contributed by atoms with van der Waals surface area (Å²) in [5.41, 5.74) is 1.18. The summed E-state index contributed by atoms with van der Waals surface area (Å²) in [6, 6.07) is 9.02. The van der Waals surface area contributed by atoms with Gasteiger partial charge in [0.05, 0.1) is 0 Å². The highest BCUT2D eigenvalue weighted by Gasteiger charge is 2.42. The molecule has 6 nitrogen and oxygen atoms in total. The van der Waals surface area contributed by atoms with E-state index in [9.17, 15) is 14.4 Å². The molecule has 1 aliphatic carbocycles. The molecule has 0 saturated heterocycles. The number of unbranched alkanes of at least 4 members (excludes halogenated alkanes) is 1. The monoisotopic (exact) mass is 467 g/mol. The van der Waals surface area contributed by atoms with Crippen LogP contribution < -0.4 is 5.32 Å². The highest BCUT2D eigenvalue weighted by atomic mass is 16.2. The van der Waals surface area contributed by atoms with Gasteiger partial charge in [0.25, 0.3) is 0 Å². The number of carbonyl (C=O) groups is 3. The number of amides is 3. The van der Waals surface area contributed by atoms with Gasteiger partial charge in [-0.1, -0.05) is 76.3 Å². The van der Waals surface area contributed by atoms with Gasteiger partial charge in [0.1, 0.15) is 12.1 Å². The fraction of sp³-hybridized carbons (Fsp3) is 0.607. The number of carbonyl (C=O) groups excluding carboxylic acids is 3. The van der Waals surface area contributed by atoms with E-state index in [-0.39, 0.29) is 29.6 Å². The summed E-state index contributed by atoms with van der Waals surface area (Å²) in [7, 11) is 0. The van der Waals surface area contributed by atoms with E-state index >= 15 is 0 Å². The van der Waals surface area contributed by atoms with Crippen LogP contribution in [0.4, 0.5) is 0 Å².